The van der Waals surface area contributed by atoms with Crippen LogP contribution in [0.5, 0.6) is 0 Å². The van der Waals surface area contributed by atoms with Crippen molar-refractivity contribution >= 4 is 34.0 Å². The Kier molecular flexibility index (Phi) is 4.31. The Morgan fingerprint density at radius 3 is 2.68 bits per heavy atom. The highest BCUT2D eigenvalue weighted by Gasteiger charge is 2.13. The Hall–Kier alpha value is -1.70. The molecule has 2 rings (SSSR count). The molecule has 0 aliphatic heterocycles. The summed E-state index contributed by atoms with van der Waals surface area (Å²) in [5.41, 5.74) is 1.07. The van der Waals surface area contributed by atoms with Gasteiger partial charge >= 0.3 is 5.69 Å². The van der Waals surface area contributed by atoms with E-state index in [2.05, 4.69) is 27.9 Å². The van der Waals surface area contributed by atoms with Gasteiger partial charge in [0.15, 0.2) is 0 Å². The molecule has 0 aliphatic rings. The molecule has 0 heterocycles. The first-order chi connectivity index (χ1) is 9.06. The van der Waals surface area contributed by atoms with Gasteiger partial charge in [0.1, 0.15) is 0 Å². The first-order valence-electron chi connectivity index (χ1n) is 5.48. The molecule has 0 aliphatic carbocycles. The molecule has 0 amide bonds. The zero-order chi connectivity index (χ0) is 13.8. The summed E-state index contributed by atoms with van der Waals surface area (Å²) >= 11 is 2.20. The van der Waals surface area contributed by atoms with Crippen LogP contribution in [0.1, 0.15) is 5.56 Å². The van der Waals surface area contributed by atoms with Gasteiger partial charge in [-0.1, -0.05) is 12.1 Å². The fourth-order valence-electron chi connectivity index (χ4n) is 1.61. The lowest BCUT2D eigenvalue weighted by Crippen LogP contribution is -2.01. The molecule has 0 atom stereocenters. The van der Waals surface area contributed by atoms with Crippen LogP contribution in [0, 0.1) is 19.5 Å². The molecule has 0 saturated heterocycles. The molecule has 4 nitrogen and oxygen atoms in total. The summed E-state index contributed by atoms with van der Waals surface area (Å²) in [5, 5.41) is 13.6. The summed E-state index contributed by atoms with van der Waals surface area (Å²) in [6.07, 6.45) is 0. The van der Waals surface area contributed by atoms with E-state index in [4.69, 9.17) is 0 Å². The Morgan fingerprint density at radius 2 is 2.05 bits per heavy atom. The number of hydrogen-bond donors (Lipinski definition) is 1. The van der Waals surface area contributed by atoms with E-state index in [9.17, 15) is 14.5 Å². The largest absolute Gasteiger partial charge is 0.381 e. The van der Waals surface area contributed by atoms with E-state index in [-0.39, 0.29) is 0 Å². The number of nitro benzene ring substituents is 1. The highest BCUT2D eigenvalue weighted by molar-refractivity contribution is 14.1. The zero-order valence-electron chi connectivity index (χ0n) is 9.77. The molecule has 0 bridgehead atoms. The summed E-state index contributed by atoms with van der Waals surface area (Å²) in [6, 6.07) is 11.7. The van der Waals surface area contributed by atoms with Gasteiger partial charge in [-0.2, -0.15) is 4.39 Å². The van der Waals surface area contributed by atoms with Crippen molar-refractivity contribution in [2.75, 3.05) is 5.32 Å². The first-order valence-corrected chi connectivity index (χ1v) is 6.56. The molecule has 1 N–H and O–H groups in total. The van der Waals surface area contributed by atoms with E-state index in [1.54, 1.807) is 6.07 Å². The minimum absolute atomic E-state index is 0.412. The third-order valence-corrected chi connectivity index (χ3v) is 3.20. The molecule has 0 unspecified atom stereocenters. The topological polar surface area (TPSA) is 55.2 Å². The molecule has 98 valence electrons. The maximum atomic E-state index is 13.4. The molecular formula is C13H10FIN2O2. The van der Waals surface area contributed by atoms with Crippen LogP contribution in [-0.4, -0.2) is 4.92 Å². The van der Waals surface area contributed by atoms with Crippen LogP contribution >= 0.6 is 22.6 Å². The van der Waals surface area contributed by atoms with Crippen LogP contribution in [0.4, 0.5) is 15.8 Å². The lowest BCUT2D eigenvalue weighted by atomic mass is 10.2. The predicted octanol–water partition coefficient (Wildman–Crippen LogP) is 3.95. The van der Waals surface area contributed by atoms with Crippen LogP contribution in [0.2, 0.25) is 0 Å². The maximum absolute atomic E-state index is 13.4. The van der Waals surface area contributed by atoms with E-state index in [1.165, 1.54) is 12.1 Å². The molecule has 2 aromatic rings. The molecule has 0 aromatic heterocycles. The molecule has 0 spiro atoms. The summed E-state index contributed by atoms with van der Waals surface area (Å²) in [6.45, 7) is 0.412. The summed E-state index contributed by atoms with van der Waals surface area (Å²) < 4.78 is 14.5. The number of benzene rings is 2. The molecule has 0 fully saturated rings. The van der Waals surface area contributed by atoms with Crippen LogP contribution in [0.25, 0.3) is 0 Å². The van der Waals surface area contributed by atoms with Crippen LogP contribution in [0.3, 0.4) is 0 Å². The Morgan fingerprint density at radius 1 is 1.26 bits per heavy atom. The van der Waals surface area contributed by atoms with Crippen molar-refractivity contribution in [1.29, 1.82) is 0 Å². The van der Waals surface area contributed by atoms with Gasteiger partial charge in [0.25, 0.3) is 0 Å². The van der Waals surface area contributed by atoms with Gasteiger partial charge in [-0.05, 0) is 52.4 Å². The normalized spacial score (nSPS) is 10.2. The molecule has 19 heavy (non-hydrogen) atoms. The second kappa shape index (κ2) is 5.96. The number of nitro groups is 1. The van der Waals surface area contributed by atoms with Crippen LogP contribution in [0.15, 0.2) is 42.5 Å². The lowest BCUT2D eigenvalue weighted by molar-refractivity contribution is -0.387. The Labute approximate surface area is 122 Å². The predicted molar refractivity (Wildman–Crippen MR) is 79.5 cm³/mol. The summed E-state index contributed by atoms with van der Waals surface area (Å²) in [4.78, 5) is 9.77. The number of halogens is 2. The third kappa shape index (κ3) is 3.63. The number of rotatable bonds is 4. The second-order valence-electron chi connectivity index (χ2n) is 3.91. The van der Waals surface area contributed by atoms with Gasteiger partial charge in [0, 0.05) is 21.9 Å². The van der Waals surface area contributed by atoms with E-state index < -0.39 is 16.4 Å². The van der Waals surface area contributed by atoms with Crippen molar-refractivity contribution in [3.8, 4) is 0 Å². The third-order valence-electron chi connectivity index (χ3n) is 2.53. The van der Waals surface area contributed by atoms with E-state index >= 15 is 0 Å². The van der Waals surface area contributed by atoms with Crippen LogP contribution in [-0.2, 0) is 6.54 Å². The number of nitrogens with one attached hydrogen (secondary N) is 1. The smallest absolute Gasteiger partial charge is 0.304 e. The molecular weight excluding hydrogens is 362 g/mol. The number of anilines is 1. The van der Waals surface area contributed by atoms with E-state index in [0.717, 1.165) is 9.26 Å². The van der Waals surface area contributed by atoms with Crippen molar-refractivity contribution in [3.05, 3.63) is 67.5 Å². The fraction of sp³-hybridized carbons (Fsp3) is 0.0769. The Balaban J connectivity index is 2.08. The number of hydrogen-bond acceptors (Lipinski definition) is 3. The van der Waals surface area contributed by atoms with E-state index in [0.29, 0.717) is 12.1 Å². The van der Waals surface area contributed by atoms with Crippen molar-refractivity contribution in [2.45, 2.75) is 6.54 Å². The van der Waals surface area contributed by atoms with Gasteiger partial charge in [-0.15, -0.1) is 0 Å². The van der Waals surface area contributed by atoms with Crippen molar-refractivity contribution < 1.29 is 9.31 Å². The average molecular weight is 372 g/mol. The summed E-state index contributed by atoms with van der Waals surface area (Å²) in [5.74, 6) is -0.813. The van der Waals surface area contributed by atoms with E-state index in [1.807, 2.05) is 24.3 Å². The fourth-order valence-corrected chi connectivity index (χ4v) is 2.15. The minimum Gasteiger partial charge on any atom is -0.381 e. The first kappa shape index (κ1) is 13.7. The SMILES string of the molecule is O=[N+]([O-])c1ccc(CNc2cccc(I)c2)cc1F. The van der Waals surface area contributed by atoms with Crippen LogP contribution < -0.4 is 5.32 Å². The highest BCUT2D eigenvalue weighted by Crippen LogP contribution is 2.19. The zero-order valence-corrected chi connectivity index (χ0v) is 11.9. The van der Waals surface area contributed by atoms with Crippen molar-refractivity contribution in [1.82, 2.24) is 0 Å². The maximum Gasteiger partial charge on any atom is 0.304 e. The van der Waals surface area contributed by atoms with Crippen molar-refractivity contribution in [2.24, 2.45) is 0 Å². The minimum atomic E-state index is -0.813. The van der Waals surface area contributed by atoms with Gasteiger partial charge in [-0.25, -0.2) is 0 Å². The lowest BCUT2D eigenvalue weighted by Gasteiger charge is -2.07. The standard InChI is InChI=1S/C13H10FIN2O2/c14-12-6-9(4-5-13(12)17(18)19)8-16-11-3-1-2-10(15)7-11/h1-7,16H,8H2. The quantitative estimate of drug-likeness (QED) is 0.502. The molecule has 6 heteroatoms. The second-order valence-corrected chi connectivity index (χ2v) is 5.15. The highest BCUT2D eigenvalue weighted by atomic mass is 127. The summed E-state index contributed by atoms with van der Waals surface area (Å²) in [7, 11) is 0. The van der Waals surface area contributed by atoms with Gasteiger partial charge in [0.2, 0.25) is 5.82 Å². The number of nitrogens with zero attached hydrogens (tertiary/aromatic N) is 1. The molecule has 0 radical (unpaired) electrons. The van der Waals surface area contributed by atoms with Gasteiger partial charge in [0.05, 0.1) is 4.92 Å². The Bertz CT molecular complexity index is 619. The molecule has 0 saturated carbocycles. The van der Waals surface area contributed by atoms with Gasteiger partial charge in [-0.3, -0.25) is 10.1 Å². The van der Waals surface area contributed by atoms with Crippen molar-refractivity contribution in [3.63, 3.8) is 0 Å². The molecule has 2 aromatic carbocycles. The van der Waals surface area contributed by atoms with Gasteiger partial charge < -0.3 is 5.32 Å². The average Bonchev–Trinajstić information content (AvgIpc) is 2.36. The monoisotopic (exact) mass is 372 g/mol.